The van der Waals surface area contributed by atoms with Gasteiger partial charge in [-0.15, -0.1) is 0 Å². The molecule has 0 aromatic rings. The Labute approximate surface area is 32.7 Å². The fraction of sp³-hybridized carbons (Fsp3) is 0.750. The zero-order chi connectivity index (χ0) is 4.28. The molecule has 0 radical (unpaired) electrons. The quantitative estimate of drug-likeness (QED) is 0.359. The average molecular weight is 72.1 g/mol. The van der Waals surface area contributed by atoms with Gasteiger partial charge in [-0.3, -0.25) is 4.99 Å². The van der Waals surface area contributed by atoms with Crippen molar-refractivity contribution in [1.82, 2.24) is 0 Å². The summed E-state index contributed by atoms with van der Waals surface area (Å²) in [5, 5.41) is 0. The van der Waals surface area contributed by atoms with E-state index in [0.717, 1.165) is 0 Å². The molecule has 30 valence electrons. The zero-order valence-corrected chi connectivity index (χ0v) is 4.00. The Morgan fingerprint density at radius 3 is 1.60 bits per heavy atom. The van der Waals surface area contributed by atoms with E-state index in [1.807, 2.05) is 20.9 Å². The number of hydrogen-bond acceptors (Lipinski definition) is 0. The highest BCUT2D eigenvalue weighted by Crippen LogP contribution is 1.44. The van der Waals surface area contributed by atoms with Crippen LogP contribution in [0.15, 0.2) is 0 Å². The van der Waals surface area contributed by atoms with E-state index in [9.17, 15) is 0 Å². The van der Waals surface area contributed by atoms with Gasteiger partial charge in [0.25, 0.3) is 0 Å². The zero-order valence-electron chi connectivity index (χ0n) is 4.00. The maximum atomic E-state index is 2.94. The van der Waals surface area contributed by atoms with Crippen LogP contribution in [0, 0.1) is 0 Å². The molecule has 0 spiro atoms. The summed E-state index contributed by atoms with van der Waals surface area (Å²) in [6.07, 6.45) is 0. The number of rotatable bonds is 0. The van der Waals surface area contributed by atoms with Gasteiger partial charge >= 0.3 is 0 Å². The summed E-state index contributed by atoms with van der Waals surface area (Å²) >= 11 is 0. The van der Waals surface area contributed by atoms with Crippen LogP contribution in [0.2, 0.25) is 0 Å². The molecule has 0 fully saturated rings. The maximum absolute atomic E-state index is 2.94. The standard InChI is InChI=1S/C4H9N/c1-4(2)5-3/h1-3H3/p+1. The van der Waals surface area contributed by atoms with Crippen LogP contribution in [0.3, 0.4) is 0 Å². The minimum atomic E-state index is 1.25. The summed E-state index contributed by atoms with van der Waals surface area (Å²) in [6, 6.07) is 0. The molecule has 0 unspecified atom stereocenters. The molecule has 5 heavy (non-hydrogen) atoms. The molecule has 0 rings (SSSR count). The average Bonchev–Trinajstić information content (AvgIpc) is 1.38. The van der Waals surface area contributed by atoms with Crippen molar-refractivity contribution < 1.29 is 4.99 Å². The van der Waals surface area contributed by atoms with E-state index in [1.54, 1.807) is 0 Å². The Bertz CT molecular complexity index is 41.6. The van der Waals surface area contributed by atoms with Crippen LogP contribution in [0.1, 0.15) is 13.8 Å². The third kappa shape index (κ3) is 3.67. The molecule has 0 amide bonds. The molecule has 1 nitrogen and oxygen atoms in total. The lowest BCUT2D eigenvalue weighted by molar-refractivity contribution is -0.420. The molecule has 0 heterocycles. The van der Waals surface area contributed by atoms with Crippen molar-refractivity contribution in [2.45, 2.75) is 13.8 Å². The van der Waals surface area contributed by atoms with Crippen molar-refractivity contribution in [3.8, 4) is 0 Å². The summed E-state index contributed by atoms with van der Waals surface area (Å²) < 4.78 is 0. The van der Waals surface area contributed by atoms with E-state index in [2.05, 4.69) is 4.99 Å². The highest BCUT2D eigenvalue weighted by atomic mass is 14.7. The van der Waals surface area contributed by atoms with Crippen molar-refractivity contribution in [3.05, 3.63) is 0 Å². The summed E-state index contributed by atoms with van der Waals surface area (Å²) in [4.78, 5) is 2.94. The number of nitrogens with one attached hydrogen (secondary N) is 1. The monoisotopic (exact) mass is 72.1 g/mol. The predicted molar refractivity (Wildman–Crippen MR) is 23.2 cm³/mol. The molecule has 0 bridgehead atoms. The van der Waals surface area contributed by atoms with Gasteiger partial charge in [0, 0.05) is 13.8 Å². The first kappa shape index (κ1) is 4.67. The highest BCUT2D eigenvalue weighted by Gasteiger charge is 1.71. The van der Waals surface area contributed by atoms with E-state index >= 15 is 0 Å². The molecule has 0 saturated heterocycles. The largest absolute Gasteiger partial charge is 0.252 e. The van der Waals surface area contributed by atoms with Crippen molar-refractivity contribution in [2.75, 3.05) is 7.05 Å². The predicted octanol–water partition coefficient (Wildman–Crippen LogP) is -0.822. The third-order valence-corrected chi connectivity index (χ3v) is 0.500. The topological polar surface area (TPSA) is 14.0 Å². The van der Waals surface area contributed by atoms with Crippen molar-refractivity contribution >= 4 is 5.71 Å². The van der Waals surface area contributed by atoms with Crippen molar-refractivity contribution in [2.24, 2.45) is 0 Å². The van der Waals surface area contributed by atoms with Gasteiger partial charge in [-0.05, 0) is 0 Å². The Morgan fingerprint density at radius 1 is 1.40 bits per heavy atom. The summed E-state index contributed by atoms with van der Waals surface area (Å²) in [5.41, 5.74) is 1.25. The van der Waals surface area contributed by atoms with Crippen LogP contribution < -0.4 is 4.99 Å². The van der Waals surface area contributed by atoms with E-state index in [-0.39, 0.29) is 0 Å². The summed E-state index contributed by atoms with van der Waals surface area (Å²) in [6.45, 7) is 4.06. The molecule has 0 atom stereocenters. The molecular weight excluding hydrogens is 62.1 g/mol. The second kappa shape index (κ2) is 1.94. The Kier molecular flexibility index (Phi) is 1.81. The van der Waals surface area contributed by atoms with Gasteiger partial charge in [-0.25, -0.2) is 0 Å². The minimum absolute atomic E-state index is 1.25. The van der Waals surface area contributed by atoms with Gasteiger partial charge in [0.1, 0.15) is 12.8 Å². The Hall–Kier alpha value is -0.330. The molecule has 0 aliphatic heterocycles. The van der Waals surface area contributed by atoms with Crippen molar-refractivity contribution in [3.63, 3.8) is 0 Å². The highest BCUT2D eigenvalue weighted by molar-refractivity contribution is 5.72. The molecule has 1 heteroatoms. The van der Waals surface area contributed by atoms with Gasteiger partial charge in [-0.1, -0.05) is 0 Å². The van der Waals surface area contributed by atoms with Crippen LogP contribution >= 0.6 is 0 Å². The van der Waals surface area contributed by atoms with Gasteiger partial charge in [-0.2, -0.15) is 0 Å². The lowest BCUT2D eigenvalue weighted by Crippen LogP contribution is -2.66. The second-order valence-corrected chi connectivity index (χ2v) is 1.25. The Balaban J connectivity index is 3.14. The molecule has 1 N–H and O–H groups in total. The first-order valence-corrected chi connectivity index (χ1v) is 1.75. The van der Waals surface area contributed by atoms with E-state index in [1.165, 1.54) is 5.71 Å². The molecule has 0 aliphatic rings. The summed E-state index contributed by atoms with van der Waals surface area (Å²) in [5.74, 6) is 0. The van der Waals surface area contributed by atoms with Gasteiger partial charge in [0.15, 0.2) is 0 Å². The van der Waals surface area contributed by atoms with Gasteiger partial charge < -0.3 is 0 Å². The normalized spacial score (nSPS) is 7.00. The second-order valence-electron chi connectivity index (χ2n) is 1.25. The van der Waals surface area contributed by atoms with Crippen LogP contribution in [0.5, 0.6) is 0 Å². The fourth-order valence-corrected chi connectivity index (χ4v) is 0. The van der Waals surface area contributed by atoms with E-state index in [4.69, 9.17) is 0 Å². The lowest BCUT2D eigenvalue weighted by atomic mass is 10.5. The Morgan fingerprint density at radius 2 is 1.60 bits per heavy atom. The SMILES string of the molecule is C[NH+]=C(C)C. The molecule has 0 aromatic heterocycles. The van der Waals surface area contributed by atoms with Gasteiger partial charge in [0.05, 0.1) is 0 Å². The van der Waals surface area contributed by atoms with Crippen LogP contribution in [0.25, 0.3) is 0 Å². The van der Waals surface area contributed by atoms with Crippen LogP contribution in [0.4, 0.5) is 0 Å². The summed E-state index contributed by atoms with van der Waals surface area (Å²) in [7, 11) is 1.91. The third-order valence-electron chi connectivity index (χ3n) is 0.500. The fourth-order valence-electron chi connectivity index (χ4n) is 0. The number of hydrogen-bond donors (Lipinski definition) is 1. The van der Waals surface area contributed by atoms with E-state index in [0.29, 0.717) is 0 Å². The van der Waals surface area contributed by atoms with Crippen molar-refractivity contribution in [1.29, 1.82) is 0 Å². The van der Waals surface area contributed by atoms with Crippen LogP contribution in [-0.2, 0) is 0 Å². The van der Waals surface area contributed by atoms with Crippen LogP contribution in [-0.4, -0.2) is 12.8 Å². The first-order valence-electron chi connectivity index (χ1n) is 1.75. The van der Waals surface area contributed by atoms with Gasteiger partial charge in [0.2, 0.25) is 0 Å². The smallest absolute Gasteiger partial charge is 0.144 e. The maximum Gasteiger partial charge on any atom is 0.144 e. The van der Waals surface area contributed by atoms with E-state index < -0.39 is 0 Å². The molecule has 0 aromatic carbocycles. The lowest BCUT2D eigenvalue weighted by Gasteiger charge is -1.65. The molecular formula is C4H10N+. The molecule has 0 aliphatic carbocycles. The molecule has 0 saturated carbocycles. The minimum Gasteiger partial charge on any atom is -0.252 e. The first-order chi connectivity index (χ1) is 2.27.